The van der Waals surface area contributed by atoms with E-state index >= 15 is 0 Å². The fraction of sp³-hybridized carbons (Fsp3) is 0.533. The fourth-order valence-electron chi connectivity index (χ4n) is 2.36. The summed E-state index contributed by atoms with van der Waals surface area (Å²) in [7, 11) is 1.59. The molecule has 0 radical (unpaired) electrons. The molecule has 3 N–H and O–H groups in total. The number of hydrogen-bond acceptors (Lipinski definition) is 4. The molecule has 1 aliphatic rings. The molecular formula is C15H22N2O3. The van der Waals surface area contributed by atoms with Gasteiger partial charge in [0.2, 0.25) is 5.91 Å². The van der Waals surface area contributed by atoms with E-state index in [4.69, 9.17) is 15.2 Å². The van der Waals surface area contributed by atoms with E-state index in [9.17, 15) is 4.79 Å². The maximum absolute atomic E-state index is 12.0. The molecule has 1 aliphatic carbocycles. The summed E-state index contributed by atoms with van der Waals surface area (Å²) in [6, 6.07) is 5.34. The van der Waals surface area contributed by atoms with Crippen molar-refractivity contribution in [2.75, 3.05) is 19.0 Å². The molecule has 0 spiro atoms. The van der Waals surface area contributed by atoms with Crippen LogP contribution in [0.25, 0.3) is 0 Å². The summed E-state index contributed by atoms with van der Waals surface area (Å²) in [5, 5.41) is 2.86. The number of nitrogens with two attached hydrogens (primary N) is 1. The van der Waals surface area contributed by atoms with Gasteiger partial charge in [-0.05, 0) is 38.3 Å². The third-order valence-electron chi connectivity index (χ3n) is 3.61. The van der Waals surface area contributed by atoms with Gasteiger partial charge in [0.15, 0.2) is 11.5 Å². The zero-order valence-electron chi connectivity index (χ0n) is 12.1. The lowest BCUT2D eigenvalue weighted by Gasteiger charge is -2.37. The highest BCUT2D eigenvalue weighted by Gasteiger charge is 2.34. The van der Waals surface area contributed by atoms with Crippen LogP contribution in [-0.2, 0) is 4.79 Å². The molecule has 1 fully saturated rings. The lowest BCUT2D eigenvalue weighted by atomic mass is 9.75. The number of rotatable bonds is 6. The van der Waals surface area contributed by atoms with Crippen molar-refractivity contribution in [3.05, 3.63) is 18.2 Å². The zero-order chi connectivity index (χ0) is 14.6. The Morgan fingerprint density at radius 1 is 1.40 bits per heavy atom. The molecule has 1 amide bonds. The van der Waals surface area contributed by atoms with Crippen molar-refractivity contribution in [2.24, 2.45) is 5.73 Å². The molecule has 0 aliphatic heterocycles. The van der Waals surface area contributed by atoms with Crippen LogP contribution in [0.5, 0.6) is 11.5 Å². The topological polar surface area (TPSA) is 73.6 Å². The van der Waals surface area contributed by atoms with Gasteiger partial charge in [-0.2, -0.15) is 0 Å². The molecule has 1 aromatic rings. The first-order valence-corrected chi connectivity index (χ1v) is 6.96. The van der Waals surface area contributed by atoms with Crippen molar-refractivity contribution >= 4 is 11.6 Å². The maximum Gasteiger partial charge on any atom is 0.226 e. The molecule has 0 saturated heterocycles. The van der Waals surface area contributed by atoms with Crippen molar-refractivity contribution in [3.8, 4) is 11.5 Å². The van der Waals surface area contributed by atoms with Crippen LogP contribution in [0.2, 0.25) is 0 Å². The Kier molecular flexibility index (Phi) is 4.49. The molecule has 110 valence electrons. The molecule has 20 heavy (non-hydrogen) atoms. The van der Waals surface area contributed by atoms with Crippen LogP contribution in [0, 0.1) is 0 Å². The molecule has 0 atom stereocenters. The highest BCUT2D eigenvalue weighted by Crippen LogP contribution is 2.33. The third kappa shape index (κ3) is 3.42. The second kappa shape index (κ2) is 6.13. The van der Waals surface area contributed by atoms with Gasteiger partial charge < -0.3 is 20.5 Å². The van der Waals surface area contributed by atoms with Crippen molar-refractivity contribution in [2.45, 2.75) is 38.1 Å². The number of carbonyl (C=O) groups is 1. The van der Waals surface area contributed by atoms with E-state index in [-0.39, 0.29) is 11.4 Å². The van der Waals surface area contributed by atoms with Crippen LogP contribution in [0.1, 0.15) is 32.6 Å². The van der Waals surface area contributed by atoms with Crippen molar-refractivity contribution in [1.82, 2.24) is 0 Å². The summed E-state index contributed by atoms with van der Waals surface area (Å²) < 4.78 is 10.7. The van der Waals surface area contributed by atoms with Gasteiger partial charge in [0.25, 0.3) is 0 Å². The lowest BCUT2D eigenvalue weighted by Crippen LogP contribution is -2.48. The first kappa shape index (κ1) is 14.7. The predicted molar refractivity (Wildman–Crippen MR) is 78.2 cm³/mol. The van der Waals surface area contributed by atoms with E-state index in [0.717, 1.165) is 19.3 Å². The first-order valence-electron chi connectivity index (χ1n) is 6.96. The van der Waals surface area contributed by atoms with E-state index in [0.29, 0.717) is 30.2 Å². The van der Waals surface area contributed by atoms with Crippen LogP contribution in [-0.4, -0.2) is 25.2 Å². The summed E-state index contributed by atoms with van der Waals surface area (Å²) >= 11 is 0. The number of methoxy groups -OCH3 is 1. The SMILES string of the molecule is CCOc1cc(NC(=O)CC2(N)CCC2)ccc1OC. The summed E-state index contributed by atoms with van der Waals surface area (Å²) in [6.07, 6.45) is 3.32. The van der Waals surface area contributed by atoms with Crippen LogP contribution in [0.3, 0.4) is 0 Å². The molecule has 1 saturated carbocycles. The van der Waals surface area contributed by atoms with Gasteiger partial charge in [-0.1, -0.05) is 0 Å². The Labute approximate surface area is 119 Å². The Morgan fingerprint density at radius 2 is 2.15 bits per heavy atom. The van der Waals surface area contributed by atoms with E-state index < -0.39 is 0 Å². The van der Waals surface area contributed by atoms with E-state index in [1.165, 1.54) is 0 Å². The molecule has 2 rings (SSSR count). The number of benzene rings is 1. The number of ether oxygens (including phenoxy) is 2. The van der Waals surface area contributed by atoms with Crippen LogP contribution >= 0.6 is 0 Å². The second-order valence-corrected chi connectivity index (χ2v) is 5.24. The Balaban J connectivity index is 2.01. The Bertz CT molecular complexity index is 484. The molecule has 5 heteroatoms. The van der Waals surface area contributed by atoms with Crippen molar-refractivity contribution < 1.29 is 14.3 Å². The van der Waals surface area contributed by atoms with Gasteiger partial charge in [0.05, 0.1) is 13.7 Å². The van der Waals surface area contributed by atoms with Crippen LogP contribution < -0.4 is 20.5 Å². The lowest BCUT2D eigenvalue weighted by molar-refractivity contribution is -0.118. The van der Waals surface area contributed by atoms with E-state index in [1.807, 2.05) is 6.92 Å². The quantitative estimate of drug-likeness (QED) is 0.837. The highest BCUT2D eigenvalue weighted by atomic mass is 16.5. The van der Waals surface area contributed by atoms with E-state index in [1.54, 1.807) is 25.3 Å². The normalized spacial score (nSPS) is 16.1. The largest absolute Gasteiger partial charge is 0.493 e. The van der Waals surface area contributed by atoms with Gasteiger partial charge in [-0.25, -0.2) is 0 Å². The molecule has 0 heterocycles. The van der Waals surface area contributed by atoms with Crippen molar-refractivity contribution in [3.63, 3.8) is 0 Å². The van der Waals surface area contributed by atoms with Gasteiger partial charge in [0.1, 0.15) is 0 Å². The minimum Gasteiger partial charge on any atom is -0.493 e. The summed E-state index contributed by atoms with van der Waals surface area (Å²) in [6.45, 7) is 2.44. The van der Waals surface area contributed by atoms with Crippen LogP contribution in [0.4, 0.5) is 5.69 Å². The Hall–Kier alpha value is -1.75. The smallest absolute Gasteiger partial charge is 0.226 e. The summed E-state index contributed by atoms with van der Waals surface area (Å²) in [5.74, 6) is 1.22. The molecule has 0 bridgehead atoms. The van der Waals surface area contributed by atoms with Crippen molar-refractivity contribution in [1.29, 1.82) is 0 Å². The number of anilines is 1. The van der Waals surface area contributed by atoms with Crippen LogP contribution in [0.15, 0.2) is 18.2 Å². The molecule has 0 unspecified atom stereocenters. The molecule has 1 aromatic carbocycles. The first-order chi connectivity index (χ1) is 9.56. The monoisotopic (exact) mass is 278 g/mol. The molecule has 0 aromatic heterocycles. The predicted octanol–water partition coefficient (Wildman–Crippen LogP) is 2.30. The Morgan fingerprint density at radius 3 is 2.70 bits per heavy atom. The van der Waals surface area contributed by atoms with Gasteiger partial charge in [-0.3, -0.25) is 4.79 Å². The van der Waals surface area contributed by atoms with Gasteiger partial charge >= 0.3 is 0 Å². The number of carbonyl (C=O) groups excluding carboxylic acids is 1. The van der Waals surface area contributed by atoms with Gasteiger partial charge in [0, 0.05) is 23.7 Å². The number of amides is 1. The maximum atomic E-state index is 12.0. The van der Waals surface area contributed by atoms with E-state index in [2.05, 4.69) is 5.32 Å². The summed E-state index contributed by atoms with van der Waals surface area (Å²) in [4.78, 5) is 12.0. The number of hydrogen-bond donors (Lipinski definition) is 2. The minimum absolute atomic E-state index is 0.0557. The standard InChI is InChI=1S/C15H22N2O3/c1-3-20-13-9-11(5-6-12(13)19-2)17-14(18)10-15(16)7-4-8-15/h5-6,9H,3-4,7-8,10,16H2,1-2H3,(H,17,18). The summed E-state index contributed by atoms with van der Waals surface area (Å²) in [5.41, 5.74) is 6.47. The van der Waals surface area contributed by atoms with Gasteiger partial charge in [-0.15, -0.1) is 0 Å². The fourth-order valence-corrected chi connectivity index (χ4v) is 2.36. The third-order valence-corrected chi connectivity index (χ3v) is 3.61. The molecule has 5 nitrogen and oxygen atoms in total. The molecular weight excluding hydrogens is 256 g/mol. The minimum atomic E-state index is -0.306. The number of nitrogens with one attached hydrogen (secondary N) is 1. The second-order valence-electron chi connectivity index (χ2n) is 5.24. The zero-order valence-corrected chi connectivity index (χ0v) is 12.1. The average molecular weight is 278 g/mol. The average Bonchev–Trinajstić information content (AvgIpc) is 2.37. The highest BCUT2D eigenvalue weighted by molar-refractivity contribution is 5.92.